The molecule has 0 radical (unpaired) electrons. The average molecular weight is 541 g/mol. The molecular formula is C25H49O10P. The van der Waals surface area contributed by atoms with Gasteiger partial charge in [0.2, 0.25) is 0 Å². The molecule has 10 nitrogen and oxygen atoms in total. The van der Waals surface area contributed by atoms with Gasteiger partial charge in [-0.3, -0.25) is 18.6 Å². The number of phosphoric ester groups is 1. The van der Waals surface area contributed by atoms with Crippen LogP contribution < -0.4 is 0 Å². The number of esters is 2. The van der Waals surface area contributed by atoms with Gasteiger partial charge >= 0.3 is 19.8 Å². The zero-order valence-corrected chi connectivity index (χ0v) is 23.1. The van der Waals surface area contributed by atoms with Gasteiger partial charge in [0.25, 0.3) is 0 Å². The number of ether oxygens (including phenoxy) is 2. The number of aliphatic hydroxyl groups excluding tert-OH is 2. The fourth-order valence-corrected chi connectivity index (χ4v) is 4.19. The Balaban J connectivity index is 4.17. The van der Waals surface area contributed by atoms with Gasteiger partial charge in [-0.2, -0.15) is 0 Å². The summed E-state index contributed by atoms with van der Waals surface area (Å²) in [5.41, 5.74) is 0. The van der Waals surface area contributed by atoms with Crippen LogP contribution in [-0.4, -0.2) is 65.7 Å². The Morgan fingerprint density at radius 3 is 1.31 bits per heavy atom. The van der Waals surface area contributed by atoms with E-state index in [2.05, 4.69) is 13.8 Å². The maximum Gasteiger partial charge on any atom is 0.472 e. The Labute approximate surface area is 216 Å². The van der Waals surface area contributed by atoms with Gasteiger partial charge in [0.1, 0.15) is 12.2 Å². The normalized spacial score (nSPS) is 14.7. The molecule has 3 unspecified atom stereocenters. The van der Waals surface area contributed by atoms with Gasteiger partial charge in [0.05, 0.1) is 26.4 Å². The fourth-order valence-electron chi connectivity index (χ4n) is 3.41. The largest absolute Gasteiger partial charge is 0.472 e. The van der Waals surface area contributed by atoms with Crippen molar-refractivity contribution < 1.29 is 47.8 Å². The summed E-state index contributed by atoms with van der Waals surface area (Å²) in [4.78, 5) is 33.7. The first-order chi connectivity index (χ1) is 17.3. The maximum absolute atomic E-state index is 12.1. The summed E-state index contributed by atoms with van der Waals surface area (Å²) in [5, 5.41) is 18.8. The first-order valence-electron chi connectivity index (χ1n) is 13.5. The van der Waals surface area contributed by atoms with Crippen molar-refractivity contribution in [1.82, 2.24) is 0 Å². The van der Waals surface area contributed by atoms with Gasteiger partial charge in [-0.25, -0.2) is 4.57 Å². The maximum atomic E-state index is 12.1. The highest BCUT2D eigenvalue weighted by atomic mass is 31.2. The zero-order chi connectivity index (χ0) is 27.1. The molecule has 0 amide bonds. The van der Waals surface area contributed by atoms with Gasteiger partial charge in [0, 0.05) is 12.8 Å². The average Bonchev–Trinajstić information content (AvgIpc) is 2.85. The molecule has 0 heterocycles. The first-order valence-corrected chi connectivity index (χ1v) is 15.0. The molecule has 0 aliphatic carbocycles. The molecule has 0 fully saturated rings. The van der Waals surface area contributed by atoms with Crippen LogP contribution in [0.5, 0.6) is 0 Å². The highest BCUT2D eigenvalue weighted by molar-refractivity contribution is 7.47. The van der Waals surface area contributed by atoms with Crippen LogP contribution in [0.4, 0.5) is 0 Å². The van der Waals surface area contributed by atoms with E-state index in [9.17, 15) is 29.3 Å². The molecule has 0 spiro atoms. The van der Waals surface area contributed by atoms with Crippen LogP contribution in [0.2, 0.25) is 0 Å². The van der Waals surface area contributed by atoms with Crippen molar-refractivity contribution in [1.29, 1.82) is 0 Å². The summed E-state index contributed by atoms with van der Waals surface area (Å²) in [6.45, 7) is 2.02. The number of hydrogen-bond donors (Lipinski definition) is 3. The summed E-state index contributed by atoms with van der Waals surface area (Å²) >= 11 is 0. The van der Waals surface area contributed by atoms with Crippen LogP contribution in [0, 0.1) is 0 Å². The molecule has 0 aromatic rings. The highest BCUT2D eigenvalue weighted by Crippen LogP contribution is 2.43. The lowest BCUT2D eigenvalue weighted by molar-refractivity contribution is -0.153. The molecule has 36 heavy (non-hydrogen) atoms. The third kappa shape index (κ3) is 21.1. The van der Waals surface area contributed by atoms with E-state index in [1.807, 2.05) is 0 Å². The summed E-state index contributed by atoms with van der Waals surface area (Å²) in [6, 6.07) is 0. The topological polar surface area (TPSA) is 149 Å². The van der Waals surface area contributed by atoms with Crippen LogP contribution in [0.1, 0.15) is 110 Å². The number of phosphoric acid groups is 1. The smallest absolute Gasteiger partial charge is 0.457 e. The van der Waals surface area contributed by atoms with Crippen molar-refractivity contribution in [3.63, 3.8) is 0 Å². The quantitative estimate of drug-likeness (QED) is 0.0836. The lowest BCUT2D eigenvalue weighted by Gasteiger charge is -2.20. The predicted molar refractivity (Wildman–Crippen MR) is 136 cm³/mol. The van der Waals surface area contributed by atoms with E-state index in [1.165, 1.54) is 25.7 Å². The van der Waals surface area contributed by atoms with Crippen molar-refractivity contribution >= 4 is 19.8 Å². The minimum absolute atomic E-state index is 0.193. The second-order valence-corrected chi connectivity index (χ2v) is 10.5. The SMILES string of the molecule is CCCCCCCCCC(=O)OC(CO)COP(=O)(O)OCC(CO)OC(=O)CCCCCCCC. The Bertz CT molecular complexity index is 601. The van der Waals surface area contributed by atoms with Gasteiger partial charge in [-0.05, 0) is 12.8 Å². The molecule has 3 N–H and O–H groups in total. The summed E-state index contributed by atoms with van der Waals surface area (Å²) in [5.74, 6) is -1.03. The van der Waals surface area contributed by atoms with E-state index in [4.69, 9.17) is 18.5 Å². The van der Waals surface area contributed by atoms with E-state index >= 15 is 0 Å². The zero-order valence-electron chi connectivity index (χ0n) is 22.2. The van der Waals surface area contributed by atoms with Crippen LogP contribution in [0.25, 0.3) is 0 Å². The molecule has 0 rings (SSSR count). The van der Waals surface area contributed by atoms with Crippen LogP contribution in [0.3, 0.4) is 0 Å². The number of rotatable bonds is 25. The van der Waals surface area contributed by atoms with E-state index in [1.54, 1.807) is 0 Å². The molecule has 11 heteroatoms. The lowest BCUT2D eigenvalue weighted by atomic mass is 10.1. The Morgan fingerprint density at radius 1 is 0.639 bits per heavy atom. The highest BCUT2D eigenvalue weighted by Gasteiger charge is 2.27. The summed E-state index contributed by atoms with van der Waals surface area (Å²) < 4.78 is 31.9. The Morgan fingerprint density at radius 2 is 0.972 bits per heavy atom. The molecule has 0 bridgehead atoms. The van der Waals surface area contributed by atoms with Gasteiger partial charge in [0.15, 0.2) is 0 Å². The van der Waals surface area contributed by atoms with E-state index < -0.39 is 58.4 Å². The van der Waals surface area contributed by atoms with E-state index in [0.717, 1.165) is 44.9 Å². The summed E-state index contributed by atoms with van der Waals surface area (Å²) in [7, 11) is -4.59. The Kier molecular flexibility index (Phi) is 22.5. The van der Waals surface area contributed by atoms with Crippen molar-refractivity contribution in [2.75, 3.05) is 26.4 Å². The number of carbonyl (C=O) groups is 2. The molecule has 0 aliphatic heterocycles. The third-order valence-corrected chi connectivity index (χ3v) is 6.52. The predicted octanol–water partition coefficient (Wildman–Crippen LogP) is 4.82. The van der Waals surface area contributed by atoms with Crippen molar-refractivity contribution in [3.8, 4) is 0 Å². The van der Waals surface area contributed by atoms with Gasteiger partial charge in [-0.1, -0.05) is 84.5 Å². The van der Waals surface area contributed by atoms with Gasteiger partial charge in [-0.15, -0.1) is 0 Å². The van der Waals surface area contributed by atoms with Crippen LogP contribution >= 0.6 is 7.82 Å². The first kappa shape index (κ1) is 35.0. The lowest BCUT2D eigenvalue weighted by Crippen LogP contribution is -2.28. The number of unbranched alkanes of at least 4 members (excludes halogenated alkanes) is 11. The number of aliphatic hydroxyl groups is 2. The second-order valence-electron chi connectivity index (χ2n) is 9.04. The molecular weight excluding hydrogens is 491 g/mol. The monoisotopic (exact) mass is 540 g/mol. The fraction of sp³-hybridized carbons (Fsp3) is 0.920. The van der Waals surface area contributed by atoms with E-state index in [0.29, 0.717) is 12.8 Å². The van der Waals surface area contributed by atoms with Crippen molar-refractivity contribution in [3.05, 3.63) is 0 Å². The molecule has 0 aromatic carbocycles. The van der Waals surface area contributed by atoms with Gasteiger partial charge < -0.3 is 24.6 Å². The van der Waals surface area contributed by atoms with E-state index in [-0.39, 0.29) is 12.8 Å². The van der Waals surface area contributed by atoms with Crippen LogP contribution in [-0.2, 0) is 32.7 Å². The summed E-state index contributed by atoms with van der Waals surface area (Å²) in [6.07, 6.45) is 11.6. The molecule has 0 saturated carbocycles. The minimum Gasteiger partial charge on any atom is -0.457 e. The molecule has 0 aromatic heterocycles. The molecule has 0 saturated heterocycles. The molecule has 3 atom stereocenters. The Hall–Kier alpha value is -1.03. The van der Waals surface area contributed by atoms with Crippen LogP contribution in [0.15, 0.2) is 0 Å². The second kappa shape index (κ2) is 23.1. The number of hydrogen-bond acceptors (Lipinski definition) is 9. The number of carbonyl (C=O) groups excluding carboxylic acids is 2. The standard InChI is InChI=1S/C25H49O10P/c1-3-5-7-9-11-13-15-17-25(29)35-23(19-27)21-33-36(30,31)32-20-22(18-26)34-24(28)16-14-12-10-8-6-4-2/h22-23,26-27H,3-21H2,1-2H3,(H,30,31). The molecule has 214 valence electrons. The third-order valence-electron chi connectivity index (χ3n) is 5.57. The van der Waals surface area contributed by atoms with Crippen molar-refractivity contribution in [2.45, 2.75) is 122 Å². The minimum atomic E-state index is -4.59. The molecule has 0 aliphatic rings. The van der Waals surface area contributed by atoms with Crippen molar-refractivity contribution in [2.24, 2.45) is 0 Å².